The molecule has 6 heteroatoms. The molecule has 1 aromatic heterocycles. The largest absolute Gasteiger partial charge is 0.461 e. The summed E-state index contributed by atoms with van der Waals surface area (Å²) in [6.07, 6.45) is 0.934. The van der Waals surface area contributed by atoms with Crippen molar-refractivity contribution in [1.29, 1.82) is 0 Å². The zero-order chi connectivity index (χ0) is 16.4. The summed E-state index contributed by atoms with van der Waals surface area (Å²) in [7, 11) is 0. The van der Waals surface area contributed by atoms with Gasteiger partial charge in [-0.2, -0.15) is 0 Å². The molecule has 0 unspecified atom stereocenters. The molecule has 0 radical (unpaired) electrons. The van der Waals surface area contributed by atoms with Crippen molar-refractivity contribution in [2.24, 2.45) is 0 Å². The van der Waals surface area contributed by atoms with Crippen molar-refractivity contribution in [3.05, 3.63) is 36.1 Å². The molecule has 0 bridgehead atoms. The van der Waals surface area contributed by atoms with E-state index in [1.165, 1.54) is 0 Å². The van der Waals surface area contributed by atoms with Crippen LogP contribution in [0.2, 0.25) is 0 Å². The molecule has 1 aliphatic heterocycles. The Labute approximate surface area is 133 Å². The highest BCUT2D eigenvalue weighted by Gasteiger charge is 2.30. The Bertz CT molecular complexity index is 716. The molecule has 3 amide bonds. The molecule has 120 valence electrons. The fourth-order valence-electron chi connectivity index (χ4n) is 2.75. The van der Waals surface area contributed by atoms with Gasteiger partial charge in [0, 0.05) is 30.7 Å². The normalized spacial score (nSPS) is 16.1. The average molecular weight is 314 g/mol. The third-order valence-electron chi connectivity index (χ3n) is 3.85. The van der Waals surface area contributed by atoms with Crippen molar-refractivity contribution in [3.63, 3.8) is 0 Å². The molecule has 23 heavy (non-hydrogen) atoms. The lowest BCUT2D eigenvalue weighted by Crippen LogP contribution is -2.43. The maximum Gasteiger partial charge on any atom is 0.240 e. The molecule has 0 aliphatic carbocycles. The Hall–Kier alpha value is -2.63. The van der Waals surface area contributed by atoms with Gasteiger partial charge in [-0.05, 0) is 19.1 Å². The SMILES string of the molecule is C[C@H](Cc1cc2ccccc2o1)NC(=O)CN1C(=O)CCC1=O. The summed E-state index contributed by atoms with van der Waals surface area (Å²) in [4.78, 5) is 36.0. The molecule has 2 heterocycles. The summed E-state index contributed by atoms with van der Waals surface area (Å²) in [5.41, 5.74) is 0.814. The van der Waals surface area contributed by atoms with Gasteiger partial charge in [0.15, 0.2) is 0 Å². The molecule has 1 fully saturated rings. The molecule has 1 atom stereocenters. The van der Waals surface area contributed by atoms with Gasteiger partial charge < -0.3 is 9.73 Å². The molecule has 6 nitrogen and oxygen atoms in total. The van der Waals surface area contributed by atoms with Crippen molar-refractivity contribution in [2.75, 3.05) is 6.54 Å². The van der Waals surface area contributed by atoms with Crippen LogP contribution in [0.5, 0.6) is 0 Å². The number of imide groups is 1. The lowest BCUT2D eigenvalue weighted by molar-refractivity contribution is -0.142. The molecule has 0 saturated carbocycles. The summed E-state index contributed by atoms with van der Waals surface area (Å²) < 4.78 is 5.72. The zero-order valence-corrected chi connectivity index (χ0v) is 12.9. The fraction of sp³-hybridized carbons (Fsp3) is 0.353. The second-order valence-corrected chi connectivity index (χ2v) is 5.80. The van der Waals surface area contributed by atoms with Crippen LogP contribution in [-0.2, 0) is 20.8 Å². The smallest absolute Gasteiger partial charge is 0.240 e. The number of carbonyl (C=O) groups excluding carboxylic acids is 3. The lowest BCUT2D eigenvalue weighted by Gasteiger charge is -2.16. The summed E-state index contributed by atoms with van der Waals surface area (Å²) in [5, 5.41) is 3.82. The van der Waals surface area contributed by atoms with Gasteiger partial charge in [-0.15, -0.1) is 0 Å². The van der Waals surface area contributed by atoms with Gasteiger partial charge in [0.25, 0.3) is 0 Å². The van der Waals surface area contributed by atoms with Gasteiger partial charge in [-0.1, -0.05) is 18.2 Å². The first-order valence-corrected chi connectivity index (χ1v) is 7.63. The van der Waals surface area contributed by atoms with E-state index in [2.05, 4.69) is 5.32 Å². The van der Waals surface area contributed by atoms with E-state index in [1.807, 2.05) is 37.3 Å². The first-order chi connectivity index (χ1) is 11.0. The second-order valence-electron chi connectivity index (χ2n) is 5.80. The molecular weight excluding hydrogens is 296 g/mol. The van der Waals surface area contributed by atoms with E-state index in [1.54, 1.807) is 0 Å². The van der Waals surface area contributed by atoms with Crippen molar-refractivity contribution in [1.82, 2.24) is 10.2 Å². The Balaban J connectivity index is 1.56. The molecule has 1 N–H and O–H groups in total. The number of hydrogen-bond acceptors (Lipinski definition) is 4. The molecule has 1 aromatic carbocycles. The van der Waals surface area contributed by atoms with Crippen LogP contribution >= 0.6 is 0 Å². The number of likely N-dealkylation sites (tertiary alicyclic amines) is 1. The highest BCUT2D eigenvalue weighted by atomic mass is 16.3. The van der Waals surface area contributed by atoms with Gasteiger partial charge >= 0.3 is 0 Å². The number of furan rings is 1. The predicted molar refractivity (Wildman–Crippen MR) is 83.5 cm³/mol. The van der Waals surface area contributed by atoms with Gasteiger partial charge in [0.1, 0.15) is 17.9 Å². The first-order valence-electron chi connectivity index (χ1n) is 7.63. The Morgan fingerprint density at radius 1 is 1.26 bits per heavy atom. The van der Waals surface area contributed by atoms with Crippen molar-refractivity contribution in [2.45, 2.75) is 32.2 Å². The number of hydrogen-bond donors (Lipinski definition) is 1. The predicted octanol–water partition coefficient (Wildman–Crippen LogP) is 1.63. The number of rotatable bonds is 5. The number of amides is 3. The van der Waals surface area contributed by atoms with E-state index < -0.39 is 0 Å². The maximum absolute atomic E-state index is 12.0. The molecule has 1 saturated heterocycles. The lowest BCUT2D eigenvalue weighted by atomic mass is 10.2. The highest BCUT2D eigenvalue weighted by Crippen LogP contribution is 2.19. The summed E-state index contributed by atoms with van der Waals surface area (Å²) in [6.45, 7) is 1.65. The maximum atomic E-state index is 12.0. The van der Waals surface area contributed by atoms with Gasteiger partial charge in [-0.25, -0.2) is 0 Å². The van der Waals surface area contributed by atoms with Crippen LogP contribution in [0.25, 0.3) is 11.0 Å². The minimum atomic E-state index is -0.336. The number of carbonyl (C=O) groups is 3. The third kappa shape index (κ3) is 3.41. The molecule has 0 spiro atoms. The van der Waals surface area contributed by atoms with Crippen LogP contribution in [0.1, 0.15) is 25.5 Å². The quantitative estimate of drug-likeness (QED) is 0.851. The van der Waals surface area contributed by atoms with Crippen molar-refractivity contribution in [3.8, 4) is 0 Å². The van der Waals surface area contributed by atoms with Crippen molar-refractivity contribution >= 4 is 28.7 Å². The van der Waals surface area contributed by atoms with Gasteiger partial charge in [-0.3, -0.25) is 19.3 Å². The summed E-state index contributed by atoms with van der Waals surface area (Å²) in [6, 6.07) is 9.51. The van der Waals surface area contributed by atoms with Crippen LogP contribution < -0.4 is 5.32 Å². The molecule has 1 aliphatic rings. The second kappa shape index (κ2) is 6.24. The minimum absolute atomic E-state index is 0.157. The Kier molecular flexibility index (Phi) is 4.14. The van der Waals surface area contributed by atoms with E-state index in [0.717, 1.165) is 21.6 Å². The van der Waals surface area contributed by atoms with E-state index in [4.69, 9.17) is 4.42 Å². The summed E-state index contributed by atoms with van der Waals surface area (Å²) >= 11 is 0. The van der Waals surface area contributed by atoms with Crippen LogP contribution in [0.4, 0.5) is 0 Å². The number of nitrogens with one attached hydrogen (secondary N) is 1. The number of nitrogens with zero attached hydrogens (tertiary/aromatic N) is 1. The molecule has 3 rings (SSSR count). The Morgan fingerprint density at radius 2 is 1.96 bits per heavy atom. The van der Waals surface area contributed by atoms with E-state index in [0.29, 0.717) is 6.42 Å². The first kappa shape index (κ1) is 15.3. The monoisotopic (exact) mass is 314 g/mol. The van der Waals surface area contributed by atoms with Crippen LogP contribution in [0, 0.1) is 0 Å². The number of benzene rings is 1. The van der Waals surface area contributed by atoms with E-state index in [-0.39, 0.29) is 43.1 Å². The van der Waals surface area contributed by atoms with Crippen LogP contribution in [-0.4, -0.2) is 35.2 Å². The van der Waals surface area contributed by atoms with E-state index in [9.17, 15) is 14.4 Å². The Morgan fingerprint density at radius 3 is 2.65 bits per heavy atom. The van der Waals surface area contributed by atoms with E-state index >= 15 is 0 Å². The van der Waals surface area contributed by atoms with Crippen LogP contribution in [0.15, 0.2) is 34.7 Å². The fourth-order valence-corrected chi connectivity index (χ4v) is 2.75. The molecular formula is C17H18N2O4. The summed E-state index contributed by atoms with van der Waals surface area (Å²) in [5.74, 6) is -0.116. The van der Waals surface area contributed by atoms with Crippen LogP contribution in [0.3, 0.4) is 0 Å². The van der Waals surface area contributed by atoms with Gasteiger partial charge in [0.05, 0.1) is 0 Å². The third-order valence-corrected chi connectivity index (χ3v) is 3.85. The topological polar surface area (TPSA) is 79.6 Å². The van der Waals surface area contributed by atoms with Gasteiger partial charge in [0.2, 0.25) is 17.7 Å². The minimum Gasteiger partial charge on any atom is -0.461 e. The number of para-hydroxylation sites is 1. The standard InChI is InChI=1S/C17H18N2O4/c1-11(8-13-9-12-4-2-3-5-14(12)23-13)18-15(20)10-19-16(21)6-7-17(19)22/h2-5,9,11H,6-8,10H2,1H3,(H,18,20)/t11-/m1/s1. The van der Waals surface area contributed by atoms with Crippen molar-refractivity contribution < 1.29 is 18.8 Å². The zero-order valence-electron chi connectivity index (χ0n) is 12.9. The number of fused-ring (bicyclic) bond motifs is 1. The highest BCUT2D eigenvalue weighted by molar-refractivity contribution is 6.04. The molecule has 2 aromatic rings. The average Bonchev–Trinajstić information content (AvgIpc) is 3.04.